The molecule has 0 saturated carbocycles. The van der Waals surface area contributed by atoms with Crippen molar-refractivity contribution in [2.24, 2.45) is 5.73 Å². The van der Waals surface area contributed by atoms with Crippen molar-refractivity contribution in [1.82, 2.24) is 0 Å². The van der Waals surface area contributed by atoms with Crippen LogP contribution in [0.5, 0.6) is 5.75 Å². The largest absolute Gasteiger partial charge is 0.508 e. The third kappa shape index (κ3) is 3.95. The first kappa shape index (κ1) is 18.5. The average molecular weight is 395 g/mol. The Balaban J connectivity index is 1.86. The van der Waals surface area contributed by atoms with E-state index in [0.717, 1.165) is 29.5 Å². The molecule has 2 aromatic carbocycles. The van der Waals surface area contributed by atoms with E-state index in [1.807, 2.05) is 0 Å². The normalized spacial score (nSPS) is 11.4. The predicted molar refractivity (Wildman–Crippen MR) is 96.1 cm³/mol. The minimum absolute atomic E-state index is 0.0280. The van der Waals surface area contributed by atoms with Gasteiger partial charge in [-0.05, 0) is 36.4 Å². The number of hydrogen-bond acceptors (Lipinski definition) is 4. The number of nitrogens with one attached hydrogen (secondary N) is 2. The molecule has 0 aliphatic rings. The molecule has 0 saturated heterocycles. The number of thiophene rings is 1. The molecule has 0 fully saturated rings. The number of aromatic hydroxyl groups is 1. The summed E-state index contributed by atoms with van der Waals surface area (Å²) in [5, 5.41) is 14.8. The third-order valence-electron chi connectivity index (χ3n) is 3.59. The van der Waals surface area contributed by atoms with E-state index in [4.69, 9.17) is 5.73 Å². The van der Waals surface area contributed by atoms with Crippen LogP contribution in [0.4, 0.5) is 28.7 Å². The van der Waals surface area contributed by atoms with E-state index in [-0.39, 0.29) is 22.0 Å². The van der Waals surface area contributed by atoms with Crippen LogP contribution in [-0.4, -0.2) is 17.0 Å². The van der Waals surface area contributed by atoms with Crippen LogP contribution in [0, 0.1) is 0 Å². The maximum Gasteiger partial charge on any atom is 0.416 e. The second-order valence-corrected chi connectivity index (χ2v) is 6.56. The van der Waals surface area contributed by atoms with Crippen LogP contribution in [0.1, 0.15) is 15.9 Å². The fourth-order valence-electron chi connectivity index (χ4n) is 2.46. The number of primary amides is 1. The van der Waals surface area contributed by atoms with Crippen LogP contribution in [0.3, 0.4) is 0 Å². The zero-order valence-corrected chi connectivity index (χ0v) is 14.2. The summed E-state index contributed by atoms with van der Waals surface area (Å²) in [4.78, 5) is 23.9. The molecule has 5 N–H and O–H groups in total. The molecule has 0 unspecified atom stereocenters. The van der Waals surface area contributed by atoms with Gasteiger partial charge >= 0.3 is 12.2 Å². The Morgan fingerprint density at radius 3 is 2.48 bits per heavy atom. The lowest BCUT2D eigenvalue weighted by Crippen LogP contribution is -2.21. The average Bonchev–Trinajstić information content (AvgIpc) is 2.90. The molecule has 0 aliphatic carbocycles. The van der Waals surface area contributed by atoms with Crippen molar-refractivity contribution in [2.45, 2.75) is 6.18 Å². The van der Waals surface area contributed by atoms with Gasteiger partial charge in [0.2, 0.25) is 0 Å². The molecule has 0 aliphatic heterocycles. The number of amides is 3. The Hall–Kier alpha value is -3.27. The third-order valence-corrected chi connectivity index (χ3v) is 4.66. The zero-order valence-electron chi connectivity index (χ0n) is 13.4. The lowest BCUT2D eigenvalue weighted by atomic mass is 10.1. The van der Waals surface area contributed by atoms with Gasteiger partial charge in [-0.2, -0.15) is 13.2 Å². The number of benzene rings is 2. The van der Waals surface area contributed by atoms with Crippen molar-refractivity contribution in [3.8, 4) is 5.75 Å². The van der Waals surface area contributed by atoms with Crippen LogP contribution in [0.25, 0.3) is 10.1 Å². The van der Waals surface area contributed by atoms with Crippen molar-refractivity contribution in [1.29, 1.82) is 0 Å². The summed E-state index contributed by atoms with van der Waals surface area (Å²) >= 11 is 1.000. The van der Waals surface area contributed by atoms with Gasteiger partial charge < -0.3 is 16.2 Å². The van der Waals surface area contributed by atoms with Crippen molar-refractivity contribution in [3.63, 3.8) is 0 Å². The first-order chi connectivity index (χ1) is 12.6. The van der Waals surface area contributed by atoms with Crippen molar-refractivity contribution >= 4 is 44.0 Å². The van der Waals surface area contributed by atoms with Gasteiger partial charge in [0.05, 0.1) is 11.1 Å². The fraction of sp³-hybridized carbons (Fsp3) is 0.0588. The van der Waals surface area contributed by atoms with E-state index in [1.54, 1.807) is 0 Å². The molecule has 1 heterocycles. The second kappa shape index (κ2) is 6.80. The number of nitrogens with two attached hydrogens (primary N) is 1. The molecule has 0 bridgehead atoms. The summed E-state index contributed by atoms with van der Waals surface area (Å²) in [6.45, 7) is 0. The monoisotopic (exact) mass is 395 g/mol. The molecular formula is C17H12F3N3O3S. The van der Waals surface area contributed by atoms with E-state index >= 15 is 0 Å². The smallest absolute Gasteiger partial charge is 0.416 e. The summed E-state index contributed by atoms with van der Waals surface area (Å²) in [5.41, 5.74) is 4.44. The summed E-state index contributed by atoms with van der Waals surface area (Å²) in [7, 11) is 0. The Morgan fingerprint density at radius 1 is 1.07 bits per heavy atom. The number of carbonyl (C=O) groups is 2. The summed E-state index contributed by atoms with van der Waals surface area (Å²) in [5.74, 6) is -0.818. The van der Waals surface area contributed by atoms with Gasteiger partial charge in [-0.15, -0.1) is 11.3 Å². The number of anilines is 2. The van der Waals surface area contributed by atoms with Gasteiger partial charge in [0.1, 0.15) is 10.8 Å². The Bertz CT molecular complexity index is 1050. The molecule has 3 amide bonds. The highest BCUT2D eigenvalue weighted by atomic mass is 32.1. The first-order valence-electron chi connectivity index (χ1n) is 7.46. The van der Waals surface area contributed by atoms with Crippen LogP contribution in [0.2, 0.25) is 0 Å². The number of fused-ring (bicyclic) bond motifs is 1. The van der Waals surface area contributed by atoms with Gasteiger partial charge in [-0.1, -0.05) is 6.07 Å². The maximum absolute atomic E-state index is 12.7. The van der Waals surface area contributed by atoms with Crippen LogP contribution < -0.4 is 16.4 Å². The van der Waals surface area contributed by atoms with Gasteiger partial charge in [0, 0.05) is 15.8 Å². The number of alkyl halides is 3. The minimum Gasteiger partial charge on any atom is -0.508 e. The van der Waals surface area contributed by atoms with Crippen LogP contribution in [-0.2, 0) is 6.18 Å². The summed E-state index contributed by atoms with van der Waals surface area (Å²) < 4.78 is 38.8. The molecule has 6 nitrogen and oxygen atoms in total. The van der Waals surface area contributed by atoms with E-state index < -0.39 is 23.7 Å². The van der Waals surface area contributed by atoms with E-state index in [2.05, 4.69) is 10.6 Å². The Labute approximate surface area is 154 Å². The highest BCUT2D eigenvalue weighted by Crippen LogP contribution is 2.37. The minimum atomic E-state index is -4.54. The molecule has 1 aromatic heterocycles. The summed E-state index contributed by atoms with van der Waals surface area (Å²) in [6, 6.07) is 7.55. The van der Waals surface area contributed by atoms with Gasteiger partial charge in [-0.3, -0.25) is 10.1 Å². The highest BCUT2D eigenvalue weighted by Gasteiger charge is 2.30. The number of urea groups is 1. The maximum atomic E-state index is 12.7. The van der Waals surface area contributed by atoms with Crippen molar-refractivity contribution < 1.29 is 27.9 Å². The van der Waals surface area contributed by atoms with Gasteiger partial charge in [-0.25, -0.2) is 4.79 Å². The molecule has 0 spiro atoms. The topological polar surface area (TPSA) is 104 Å². The number of hydrogen-bond donors (Lipinski definition) is 4. The summed E-state index contributed by atoms with van der Waals surface area (Å²) in [6.07, 6.45) is -4.54. The Kier molecular flexibility index (Phi) is 4.66. The fourth-order valence-corrected chi connectivity index (χ4v) is 3.59. The molecule has 0 radical (unpaired) electrons. The van der Waals surface area contributed by atoms with Crippen LogP contribution in [0.15, 0.2) is 42.5 Å². The number of phenolic OH excluding ortho intramolecular Hbond substituents is 1. The molecule has 3 aromatic rings. The first-order valence-corrected chi connectivity index (χ1v) is 8.27. The SMILES string of the molecule is NC(=O)c1c(NC(=O)Nc2cccc(C(F)(F)F)c2)sc2cc(O)ccc12. The number of rotatable bonds is 3. The number of halogens is 3. The number of carbonyl (C=O) groups excluding carboxylic acids is 2. The molecule has 140 valence electrons. The highest BCUT2D eigenvalue weighted by molar-refractivity contribution is 7.23. The van der Waals surface area contributed by atoms with Gasteiger partial charge in [0.15, 0.2) is 0 Å². The standard InChI is InChI=1S/C17H12F3N3O3S/c18-17(19,20)8-2-1-3-9(6-8)22-16(26)23-15-13(14(21)25)11-5-4-10(24)7-12(11)27-15/h1-7,24H,(H2,21,25)(H2,22,23,26). The van der Waals surface area contributed by atoms with Crippen molar-refractivity contribution in [3.05, 3.63) is 53.6 Å². The molecule has 3 rings (SSSR count). The molecular weight excluding hydrogens is 383 g/mol. The lowest BCUT2D eigenvalue weighted by molar-refractivity contribution is -0.137. The molecule has 10 heteroatoms. The van der Waals surface area contributed by atoms with Gasteiger partial charge in [0.25, 0.3) is 5.91 Å². The molecule has 0 atom stereocenters. The van der Waals surface area contributed by atoms with Crippen molar-refractivity contribution in [2.75, 3.05) is 10.6 Å². The van der Waals surface area contributed by atoms with Crippen LogP contribution >= 0.6 is 11.3 Å². The van der Waals surface area contributed by atoms with E-state index in [1.165, 1.54) is 24.3 Å². The van der Waals surface area contributed by atoms with E-state index in [0.29, 0.717) is 10.1 Å². The number of phenols is 1. The molecule has 27 heavy (non-hydrogen) atoms. The second-order valence-electron chi connectivity index (χ2n) is 5.51. The zero-order chi connectivity index (χ0) is 19.8. The Morgan fingerprint density at radius 2 is 1.81 bits per heavy atom. The van der Waals surface area contributed by atoms with E-state index in [9.17, 15) is 27.9 Å². The predicted octanol–water partition coefficient (Wildman–Crippen LogP) is 4.37. The quantitative estimate of drug-likeness (QED) is 0.529. The lowest BCUT2D eigenvalue weighted by Gasteiger charge is -2.10.